The second kappa shape index (κ2) is 7.40. The van der Waals surface area contributed by atoms with Crippen molar-refractivity contribution in [1.29, 1.82) is 0 Å². The molecule has 2 aromatic heterocycles. The first-order valence-electron chi connectivity index (χ1n) is 10.1. The molecule has 0 bridgehead atoms. The number of aromatic hydroxyl groups is 1. The van der Waals surface area contributed by atoms with Crippen LogP contribution in [-0.2, 0) is 13.1 Å². The predicted molar refractivity (Wildman–Crippen MR) is 106 cm³/mol. The molecule has 150 valence electrons. The Labute approximate surface area is 169 Å². The highest BCUT2D eigenvalue weighted by Gasteiger charge is 2.33. The molecule has 0 aliphatic carbocycles. The minimum absolute atomic E-state index is 0.0971. The van der Waals surface area contributed by atoms with Crippen LogP contribution in [0.4, 0.5) is 0 Å². The first-order chi connectivity index (χ1) is 14.2. The number of carbonyl (C=O) groups excluding carboxylic acids is 1. The zero-order valence-electron chi connectivity index (χ0n) is 16.2. The van der Waals surface area contributed by atoms with Crippen LogP contribution in [0.15, 0.2) is 47.1 Å². The first kappa shape index (κ1) is 18.0. The third-order valence-electron chi connectivity index (χ3n) is 5.84. The first-order valence-corrected chi connectivity index (χ1v) is 10.1. The molecule has 3 aromatic rings. The average molecular weight is 392 g/mol. The van der Waals surface area contributed by atoms with Gasteiger partial charge in [-0.25, -0.2) is 4.98 Å². The second-order valence-electron chi connectivity index (χ2n) is 7.85. The van der Waals surface area contributed by atoms with Crippen molar-refractivity contribution in [2.75, 3.05) is 19.6 Å². The Bertz CT molecular complexity index is 1020. The van der Waals surface area contributed by atoms with Crippen molar-refractivity contribution in [3.63, 3.8) is 0 Å². The van der Waals surface area contributed by atoms with E-state index < -0.39 is 0 Å². The summed E-state index contributed by atoms with van der Waals surface area (Å²) in [5.41, 5.74) is 2.78. The Hall–Kier alpha value is -3.06. The van der Waals surface area contributed by atoms with Crippen molar-refractivity contribution in [1.82, 2.24) is 19.8 Å². The molecule has 1 unspecified atom stereocenters. The number of phenolic OH excluding ortho intramolecular Hbond substituents is 1. The van der Waals surface area contributed by atoms with E-state index in [2.05, 4.69) is 14.9 Å². The molecule has 29 heavy (non-hydrogen) atoms. The lowest BCUT2D eigenvalue weighted by Gasteiger charge is -2.31. The summed E-state index contributed by atoms with van der Waals surface area (Å²) in [5, 5.41) is 9.89. The Morgan fingerprint density at radius 2 is 2.10 bits per heavy atom. The lowest BCUT2D eigenvalue weighted by Crippen LogP contribution is -2.38. The number of aromatic nitrogens is 2. The molecule has 4 heterocycles. The van der Waals surface area contributed by atoms with E-state index in [1.54, 1.807) is 29.4 Å². The third-order valence-corrected chi connectivity index (χ3v) is 5.84. The van der Waals surface area contributed by atoms with Gasteiger partial charge in [0.1, 0.15) is 11.5 Å². The Morgan fingerprint density at radius 1 is 1.24 bits per heavy atom. The van der Waals surface area contributed by atoms with Crippen LogP contribution < -0.4 is 0 Å². The van der Waals surface area contributed by atoms with Gasteiger partial charge in [0.2, 0.25) is 0 Å². The van der Waals surface area contributed by atoms with Crippen molar-refractivity contribution >= 4 is 5.91 Å². The normalized spacial score (nSPS) is 19.4. The number of amides is 1. The highest BCUT2D eigenvalue weighted by atomic mass is 16.4. The van der Waals surface area contributed by atoms with Gasteiger partial charge in [0, 0.05) is 12.5 Å². The molecule has 7 nitrogen and oxygen atoms in total. The predicted octanol–water partition coefficient (Wildman–Crippen LogP) is 3.09. The van der Waals surface area contributed by atoms with Gasteiger partial charge in [-0.05, 0) is 55.8 Å². The molecule has 1 atom stereocenters. The van der Waals surface area contributed by atoms with Crippen molar-refractivity contribution < 1.29 is 14.3 Å². The second-order valence-corrected chi connectivity index (χ2v) is 7.85. The van der Waals surface area contributed by atoms with Gasteiger partial charge < -0.3 is 19.4 Å². The molecule has 0 saturated carbocycles. The van der Waals surface area contributed by atoms with E-state index in [4.69, 9.17) is 4.42 Å². The topological polar surface area (TPSA) is 85.6 Å². The van der Waals surface area contributed by atoms with Crippen LogP contribution in [-0.4, -0.2) is 50.4 Å². The molecule has 0 radical (unpaired) electrons. The standard InChI is InChI=1S/C22H24N4O3/c27-16-5-3-4-15(10-16)18-12-26(13-19-21(18)24-14-23-19)22(28)20-7-6-17(29-20)11-25-8-1-2-9-25/h3-7,10,14,18,27H,1-2,8-9,11-13H2,(H,23,24). The van der Waals surface area contributed by atoms with E-state index in [9.17, 15) is 9.90 Å². The van der Waals surface area contributed by atoms with E-state index >= 15 is 0 Å². The quantitative estimate of drug-likeness (QED) is 0.713. The molecule has 1 aromatic carbocycles. The summed E-state index contributed by atoms with van der Waals surface area (Å²) in [6, 6.07) is 10.8. The fourth-order valence-electron chi connectivity index (χ4n) is 4.38. The maximum atomic E-state index is 13.2. The van der Waals surface area contributed by atoms with E-state index in [1.807, 2.05) is 18.2 Å². The van der Waals surface area contributed by atoms with Gasteiger partial charge in [-0.1, -0.05) is 12.1 Å². The third kappa shape index (κ3) is 3.53. The van der Waals surface area contributed by atoms with Gasteiger partial charge in [0.05, 0.1) is 30.8 Å². The van der Waals surface area contributed by atoms with E-state index in [-0.39, 0.29) is 17.6 Å². The number of fused-ring (bicyclic) bond motifs is 1. The fourth-order valence-corrected chi connectivity index (χ4v) is 4.38. The van der Waals surface area contributed by atoms with E-state index in [0.717, 1.165) is 42.3 Å². The lowest BCUT2D eigenvalue weighted by molar-refractivity contribution is 0.0686. The number of likely N-dealkylation sites (tertiary alicyclic amines) is 1. The van der Waals surface area contributed by atoms with Crippen LogP contribution in [0, 0.1) is 0 Å². The van der Waals surface area contributed by atoms with Crippen molar-refractivity contribution in [3.8, 4) is 5.75 Å². The van der Waals surface area contributed by atoms with E-state index in [0.29, 0.717) is 18.8 Å². The molecule has 7 heteroatoms. The number of phenols is 1. The molecular weight excluding hydrogens is 368 g/mol. The highest BCUT2D eigenvalue weighted by molar-refractivity contribution is 5.91. The average Bonchev–Trinajstić information content (AvgIpc) is 3.49. The highest BCUT2D eigenvalue weighted by Crippen LogP contribution is 2.33. The number of benzene rings is 1. The van der Waals surface area contributed by atoms with Gasteiger partial charge in [-0.15, -0.1) is 0 Å². The molecule has 0 spiro atoms. The molecule has 2 aliphatic heterocycles. The van der Waals surface area contributed by atoms with Gasteiger partial charge in [0.15, 0.2) is 5.76 Å². The van der Waals surface area contributed by atoms with Crippen molar-refractivity contribution in [3.05, 3.63) is 71.2 Å². The summed E-state index contributed by atoms with van der Waals surface area (Å²) in [4.78, 5) is 24.9. The van der Waals surface area contributed by atoms with E-state index in [1.165, 1.54) is 12.8 Å². The van der Waals surface area contributed by atoms with Gasteiger partial charge in [0.25, 0.3) is 5.91 Å². The summed E-state index contributed by atoms with van der Waals surface area (Å²) in [7, 11) is 0. The maximum Gasteiger partial charge on any atom is 0.289 e. The Morgan fingerprint density at radius 3 is 2.93 bits per heavy atom. The van der Waals surface area contributed by atoms with Crippen LogP contribution in [0.3, 0.4) is 0 Å². The number of aromatic amines is 1. The summed E-state index contributed by atoms with van der Waals surface area (Å²) in [6.45, 7) is 3.88. The van der Waals surface area contributed by atoms with Gasteiger partial charge >= 0.3 is 0 Å². The summed E-state index contributed by atoms with van der Waals surface area (Å²) in [5.74, 6) is 1.19. The van der Waals surface area contributed by atoms with Crippen molar-refractivity contribution in [2.24, 2.45) is 0 Å². The summed E-state index contributed by atoms with van der Waals surface area (Å²) >= 11 is 0. The molecule has 1 amide bonds. The van der Waals surface area contributed by atoms with Gasteiger partial charge in [-0.2, -0.15) is 0 Å². The largest absolute Gasteiger partial charge is 0.508 e. The number of hydrogen-bond donors (Lipinski definition) is 2. The molecule has 1 saturated heterocycles. The number of H-pyrrole nitrogens is 1. The minimum Gasteiger partial charge on any atom is -0.508 e. The number of carbonyl (C=O) groups is 1. The lowest BCUT2D eigenvalue weighted by atomic mass is 9.90. The summed E-state index contributed by atoms with van der Waals surface area (Å²) in [6.07, 6.45) is 4.11. The zero-order valence-corrected chi connectivity index (χ0v) is 16.2. The molecule has 2 N–H and O–H groups in total. The van der Waals surface area contributed by atoms with Crippen molar-refractivity contribution in [2.45, 2.75) is 31.8 Å². The van der Waals surface area contributed by atoms with Crippen LogP contribution in [0.25, 0.3) is 0 Å². The summed E-state index contributed by atoms with van der Waals surface area (Å²) < 4.78 is 5.89. The van der Waals surface area contributed by atoms with Gasteiger partial charge in [-0.3, -0.25) is 9.69 Å². The van der Waals surface area contributed by atoms with Crippen LogP contribution in [0.5, 0.6) is 5.75 Å². The maximum absolute atomic E-state index is 13.2. The SMILES string of the molecule is O=C(c1ccc(CN2CCCC2)o1)N1Cc2[nH]cnc2C(c2cccc(O)c2)C1. The Kier molecular flexibility index (Phi) is 4.60. The number of nitrogens with one attached hydrogen (secondary N) is 1. The monoisotopic (exact) mass is 392 g/mol. The number of furan rings is 1. The zero-order chi connectivity index (χ0) is 19.8. The Balaban J connectivity index is 1.37. The number of rotatable bonds is 4. The number of hydrogen-bond acceptors (Lipinski definition) is 5. The minimum atomic E-state index is -0.122. The molecule has 1 fully saturated rings. The smallest absolute Gasteiger partial charge is 0.289 e. The number of imidazole rings is 1. The fraction of sp³-hybridized carbons (Fsp3) is 0.364. The van der Waals surface area contributed by atoms with Crippen LogP contribution >= 0.6 is 0 Å². The number of nitrogens with zero attached hydrogens (tertiary/aromatic N) is 3. The van der Waals surface area contributed by atoms with Crippen LogP contribution in [0.2, 0.25) is 0 Å². The molecular formula is C22H24N4O3. The van der Waals surface area contributed by atoms with Crippen LogP contribution in [0.1, 0.15) is 52.0 Å². The molecule has 5 rings (SSSR count). The molecule has 2 aliphatic rings.